The third kappa shape index (κ3) is 2.57. The van der Waals surface area contributed by atoms with Crippen molar-refractivity contribution in [3.63, 3.8) is 0 Å². The summed E-state index contributed by atoms with van der Waals surface area (Å²) in [7, 11) is 1.59. The van der Waals surface area contributed by atoms with Crippen molar-refractivity contribution in [2.24, 2.45) is 11.3 Å². The van der Waals surface area contributed by atoms with E-state index in [1.165, 1.54) is 6.42 Å². The van der Waals surface area contributed by atoms with Crippen LogP contribution in [0.1, 0.15) is 42.5 Å². The van der Waals surface area contributed by atoms with E-state index in [0.29, 0.717) is 34.8 Å². The number of amides is 1. The molecule has 1 atom stereocenters. The van der Waals surface area contributed by atoms with Gasteiger partial charge in [-0.3, -0.25) is 4.79 Å². The van der Waals surface area contributed by atoms with Gasteiger partial charge in [0, 0.05) is 11.9 Å². The molecule has 1 unspecified atom stereocenters. The van der Waals surface area contributed by atoms with E-state index in [1.807, 2.05) is 0 Å². The number of nitrogens with one attached hydrogen (secondary N) is 1. The maximum absolute atomic E-state index is 12.6. The molecule has 0 aliphatic heterocycles. The molecule has 2 N–H and O–H groups in total. The van der Waals surface area contributed by atoms with Crippen LogP contribution in [0.5, 0.6) is 5.75 Å². The molecule has 1 aromatic carbocycles. The average Bonchev–Trinajstić information content (AvgIpc) is 3.02. The standard InChI is InChI=1S/C19H23NO4/c1-23-16-3-2-15(14-6-9-24-17(14)16)18(22)20-11-12-10-19(12)7-4-13(21)5-8-19/h2-3,6,9,12-13,21H,4-5,7-8,10-11H2,1H3,(H,20,22). The molecule has 1 heterocycles. The number of carbonyl (C=O) groups excluding carboxylic acids is 1. The molecule has 4 rings (SSSR count). The largest absolute Gasteiger partial charge is 0.493 e. The van der Waals surface area contributed by atoms with Crippen LogP contribution < -0.4 is 10.1 Å². The zero-order valence-electron chi connectivity index (χ0n) is 13.9. The second kappa shape index (κ2) is 5.81. The molecule has 0 radical (unpaired) electrons. The number of benzene rings is 1. The second-order valence-electron chi connectivity index (χ2n) is 7.18. The second-order valence-corrected chi connectivity index (χ2v) is 7.18. The van der Waals surface area contributed by atoms with E-state index in [-0.39, 0.29) is 12.0 Å². The SMILES string of the molecule is COc1ccc(C(=O)NCC2CC23CCC(O)CC3)c2ccoc12. The molecule has 1 aromatic heterocycles. The van der Waals surface area contributed by atoms with Gasteiger partial charge in [0.1, 0.15) is 0 Å². The normalized spacial score (nSPS) is 28.9. The summed E-state index contributed by atoms with van der Waals surface area (Å²) in [4.78, 5) is 12.6. The van der Waals surface area contributed by atoms with E-state index in [2.05, 4.69) is 5.32 Å². The number of methoxy groups -OCH3 is 1. The number of aliphatic hydroxyl groups excluding tert-OH is 1. The minimum Gasteiger partial charge on any atom is -0.493 e. The van der Waals surface area contributed by atoms with E-state index in [9.17, 15) is 9.90 Å². The van der Waals surface area contributed by atoms with Gasteiger partial charge < -0.3 is 19.6 Å². The van der Waals surface area contributed by atoms with Gasteiger partial charge in [-0.15, -0.1) is 0 Å². The molecule has 2 aromatic rings. The Balaban J connectivity index is 1.42. The Labute approximate surface area is 141 Å². The lowest BCUT2D eigenvalue weighted by Gasteiger charge is -2.26. The Kier molecular flexibility index (Phi) is 3.76. The van der Waals surface area contributed by atoms with E-state index in [1.54, 1.807) is 31.6 Å². The van der Waals surface area contributed by atoms with Crippen LogP contribution >= 0.6 is 0 Å². The van der Waals surface area contributed by atoms with Gasteiger partial charge >= 0.3 is 0 Å². The maximum Gasteiger partial charge on any atom is 0.252 e. The molecule has 0 bridgehead atoms. The van der Waals surface area contributed by atoms with Gasteiger partial charge in [0.05, 0.1) is 25.0 Å². The summed E-state index contributed by atoms with van der Waals surface area (Å²) in [5.41, 5.74) is 1.60. The zero-order valence-corrected chi connectivity index (χ0v) is 13.9. The molecule has 1 spiro atoms. The molecule has 128 valence electrons. The predicted molar refractivity (Wildman–Crippen MR) is 90.1 cm³/mol. The third-order valence-electron chi connectivity index (χ3n) is 5.86. The minimum atomic E-state index is -0.125. The van der Waals surface area contributed by atoms with Crippen molar-refractivity contribution in [2.45, 2.75) is 38.2 Å². The molecule has 5 heteroatoms. The number of furan rings is 1. The van der Waals surface area contributed by atoms with Crippen LogP contribution in [0.3, 0.4) is 0 Å². The van der Waals surface area contributed by atoms with E-state index in [0.717, 1.165) is 31.1 Å². The van der Waals surface area contributed by atoms with Crippen LogP contribution in [0.15, 0.2) is 28.9 Å². The van der Waals surface area contributed by atoms with Gasteiger partial charge in [0.2, 0.25) is 0 Å². The van der Waals surface area contributed by atoms with E-state index in [4.69, 9.17) is 9.15 Å². The molecule has 1 amide bonds. The van der Waals surface area contributed by atoms with Crippen molar-refractivity contribution in [3.8, 4) is 5.75 Å². The first-order chi connectivity index (χ1) is 11.6. The third-order valence-corrected chi connectivity index (χ3v) is 5.86. The molecular weight excluding hydrogens is 306 g/mol. The number of rotatable bonds is 4. The first-order valence-electron chi connectivity index (χ1n) is 8.63. The summed E-state index contributed by atoms with van der Waals surface area (Å²) < 4.78 is 10.7. The average molecular weight is 329 g/mol. The summed E-state index contributed by atoms with van der Waals surface area (Å²) in [6, 6.07) is 5.35. The fourth-order valence-electron chi connectivity index (χ4n) is 4.22. The molecular formula is C19H23NO4. The molecule has 2 aliphatic rings. The Morgan fingerprint density at radius 3 is 2.92 bits per heavy atom. The zero-order chi connectivity index (χ0) is 16.7. The van der Waals surface area contributed by atoms with Crippen LogP contribution in [-0.4, -0.2) is 30.8 Å². The Bertz CT molecular complexity index is 758. The highest BCUT2D eigenvalue weighted by atomic mass is 16.5. The molecule has 5 nitrogen and oxygen atoms in total. The lowest BCUT2D eigenvalue weighted by molar-refractivity contribution is 0.0915. The van der Waals surface area contributed by atoms with E-state index >= 15 is 0 Å². The monoisotopic (exact) mass is 329 g/mol. The highest BCUT2D eigenvalue weighted by molar-refractivity contribution is 6.07. The van der Waals surface area contributed by atoms with Gasteiger partial charge in [0.25, 0.3) is 5.91 Å². The van der Waals surface area contributed by atoms with Gasteiger partial charge in [-0.25, -0.2) is 0 Å². The summed E-state index contributed by atoms with van der Waals surface area (Å²) in [5, 5.41) is 13.5. The number of carbonyl (C=O) groups is 1. The highest BCUT2D eigenvalue weighted by Crippen LogP contribution is 2.61. The van der Waals surface area contributed by atoms with Crippen molar-refractivity contribution in [1.82, 2.24) is 5.32 Å². The molecule has 24 heavy (non-hydrogen) atoms. The summed E-state index contributed by atoms with van der Waals surface area (Å²) in [5.74, 6) is 1.11. The number of hydrogen-bond donors (Lipinski definition) is 2. The number of aliphatic hydroxyl groups is 1. The van der Waals surface area contributed by atoms with E-state index < -0.39 is 0 Å². The lowest BCUT2D eigenvalue weighted by Crippen LogP contribution is -2.28. The van der Waals surface area contributed by atoms with Crippen LogP contribution in [-0.2, 0) is 0 Å². The van der Waals surface area contributed by atoms with Crippen molar-refractivity contribution in [2.75, 3.05) is 13.7 Å². The molecule has 0 saturated heterocycles. The number of ether oxygens (including phenoxy) is 1. The number of fused-ring (bicyclic) bond motifs is 1. The molecule has 2 aliphatic carbocycles. The summed E-state index contributed by atoms with van der Waals surface area (Å²) in [6.45, 7) is 0.709. The first-order valence-corrected chi connectivity index (χ1v) is 8.63. The Hall–Kier alpha value is -2.01. The predicted octanol–water partition coefficient (Wildman–Crippen LogP) is 3.11. The number of hydrogen-bond acceptors (Lipinski definition) is 4. The maximum atomic E-state index is 12.6. The van der Waals surface area contributed by atoms with Gasteiger partial charge in [-0.05, 0) is 61.6 Å². The van der Waals surface area contributed by atoms with Gasteiger partial charge in [0.15, 0.2) is 11.3 Å². The van der Waals surface area contributed by atoms with Gasteiger partial charge in [-0.1, -0.05) is 0 Å². The molecule has 2 fully saturated rings. The highest BCUT2D eigenvalue weighted by Gasteiger charge is 2.54. The van der Waals surface area contributed by atoms with Crippen LogP contribution in [0.2, 0.25) is 0 Å². The first kappa shape index (κ1) is 15.5. The van der Waals surface area contributed by atoms with Crippen LogP contribution in [0.4, 0.5) is 0 Å². The van der Waals surface area contributed by atoms with Crippen molar-refractivity contribution in [3.05, 3.63) is 30.0 Å². The van der Waals surface area contributed by atoms with Crippen LogP contribution in [0.25, 0.3) is 11.0 Å². The smallest absolute Gasteiger partial charge is 0.252 e. The fraction of sp³-hybridized carbons (Fsp3) is 0.526. The quantitative estimate of drug-likeness (QED) is 0.904. The molecule has 2 saturated carbocycles. The minimum absolute atomic E-state index is 0.0676. The van der Waals surface area contributed by atoms with Crippen LogP contribution in [0, 0.1) is 11.3 Å². The summed E-state index contributed by atoms with van der Waals surface area (Å²) in [6.07, 6.45) is 6.60. The Morgan fingerprint density at radius 1 is 1.38 bits per heavy atom. The van der Waals surface area contributed by atoms with Crippen molar-refractivity contribution < 1.29 is 19.1 Å². The Morgan fingerprint density at radius 2 is 2.17 bits per heavy atom. The fourth-order valence-corrected chi connectivity index (χ4v) is 4.22. The van der Waals surface area contributed by atoms with Crippen molar-refractivity contribution >= 4 is 16.9 Å². The summed E-state index contributed by atoms with van der Waals surface area (Å²) >= 11 is 0. The lowest BCUT2D eigenvalue weighted by atomic mass is 9.83. The topological polar surface area (TPSA) is 71.7 Å². The van der Waals surface area contributed by atoms with Crippen molar-refractivity contribution in [1.29, 1.82) is 0 Å². The van der Waals surface area contributed by atoms with Gasteiger partial charge in [-0.2, -0.15) is 0 Å².